The van der Waals surface area contributed by atoms with E-state index < -0.39 is 36.7 Å². The number of carbonyl (C=O) groups excluding carboxylic acids is 1. The van der Waals surface area contributed by atoms with E-state index in [1.807, 2.05) is 30.3 Å². The van der Waals surface area contributed by atoms with Gasteiger partial charge in [-0.25, -0.2) is 0 Å². The van der Waals surface area contributed by atoms with Crippen LogP contribution in [0, 0.1) is 0 Å². The molecular formula is C17H21N3O6. The molecule has 0 aliphatic carbocycles. The molecule has 2 saturated heterocycles. The van der Waals surface area contributed by atoms with E-state index >= 15 is 0 Å². The van der Waals surface area contributed by atoms with Gasteiger partial charge in [0.25, 0.3) is 0 Å². The fourth-order valence-corrected chi connectivity index (χ4v) is 3.23. The summed E-state index contributed by atoms with van der Waals surface area (Å²) in [5.74, 6) is -0.229. The second-order valence-electron chi connectivity index (χ2n) is 6.12. The minimum atomic E-state index is -0.887. The van der Waals surface area contributed by atoms with Crippen LogP contribution in [0.5, 0.6) is 0 Å². The summed E-state index contributed by atoms with van der Waals surface area (Å²) >= 11 is 0. The summed E-state index contributed by atoms with van der Waals surface area (Å²) in [6.07, 6.45) is -3.46. The maximum Gasteiger partial charge on any atom is 0.184 e. The molecule has 1 aromatic carbocycles. The van der Waals surface area contributed by atoms with E-state index in [0.717, 1.165) is 5.56 Å². The van der Waals surface area contributed by atoms with Crippen molar-refractivity contribution in [3.05, 3.63) is 46.3 Å². The van der Waals surface area contributed by atoms with E-state index in [0.29, 0.717) is 0 Å². The standard InChI is InChI=1S/C17H21N3O6/c1-10(21)14-16(24-9-22-2)13(19-20-18)15-12(25-14)8-23-17(26-15)11-6-4-3-5-7-11/h3-7,12-17H,8-9H2,1-2H3/t12-,13+,14+,15+,16-,17+/m1/s1. The number of rotatable bonds is 6. The van der Waals surface area contributed by atoms with Crippen molar-refractivity contribution in [3.63, 3.8) is 0 Å². The zero-order valence-corrected chi connectivity index (χ0v) is 14.6. The van der Waals surface area contributed by atoms with Gasteiger partial charge in [0.1, 0.15) is 31.2 Å². The first-order valence-electron chi connectivity index (χ1n) is 8.28. The molecule has 1 aromatic rings. The largest absolute Gasteiger partial charge is 0.359 e. The number of benzene rings is 1. The van der Waals surface area contributed by atoms with Crippen LogP contribution in [0.1, 0.15) is 18.8 Å². The van der Waals surface area contributed by atoms with Crippen molar-refractivity contribution < 1.29 is 28.5 Å². The molecule has 0 amide bonds. The molecule has 9 nitrogen and oxygen atoms in total. The second-order valence-corrected chi connectivity index (χ2v) is 6.12. The number of nitrogens with zero attached hydrogens (tertiary/aromatic N) is 3. The Bertz CT molecular complexity index is 666. The molecule has 26 heavy (non-hydrogen) atoms. The Kier molecular flexibility index (Phi) is 6.20. The third-order valence-corrected chi connectivity index (χ3v) is 4.39. The summed E-state index contributed by atoms with van der Waals surface area (Å²) in [6.45, 7) is 1.55. The topological polar surface area (TPSA) is 112 Å². The Balaban J connectivity index is 1.86. The molecule has 2 aliphatic rings. The molecule has 6 atom stereocenters. The van der Waals surface area contributed by atoms with E-state index in [9.17, 15) is 4.79 Å². The molecule has 9 heteroatoms. The first-order valence-corrected chi connectivity index (χ1v) is 8.28. The quantitative estimate of drug-likeness (QED) is 0.331. The van der Waals surface area contributed by atoms with Gasteiger partial charge in [0.15, 0.2) is 12.1 Å². The molecule has 140 valence electrons. The van der Waals surface area contributed by atoms with Crippen molar-refractivity contribution in [2.45, 2.75) is 43.7 Å². The number of methoxy groups -OCH3 is 1. The van der Waals surface area contributed by atoms with Crippen molar-refractivity contribution in [2.24, 2.45) is 5.11 Å². The van der Waals surface area contributed by atoms with Gasteiger partial charge in [0.2, 0.25) is 0 Å². The number of ketones is 1. The number of carbonyl (C=O) groups is 1. The van der Waals surface area contributed by atoms with Crippen LogP contribution in [-0.4, -0.2) is 56.8 Å². The highest BCUT2D eigenvalue weighted by Gasteiger charge is 2.51. The summed E-state index contributed by atoms with van der Waals surface area (Å²) in [6, 6.07) is 8.67. The van der Waals surface area contributed by atoms with Crippen molar-refractivity contribution in [1.82, 2.24) is 0 Å². The van der Waals surface area contributed by atoms with E-state index in [1.165, 1.54) is 14.0 Å². The minimum absolute atomic E-state index is 0.0642. The normalized spacial score (nSPS) is 33.8. The Morgan fingerprint density at radius 2 is 2.12 bits per heavy atom. The fraction of sp³-hybridized carbons (Fsp3) is 0.588. The van der Waals surface area contributed by atoms with Gasteiger partial charge in [-0.3, -0.25) is 4.79 Å². The number of fused-ring (bicyclic) bond motifs is 1. The minimum Gasteiger partial charge on any atom is -0.359 e. The van der Waals surface area contributed by atoms with Gasteiger partial charge in [-0.2, -0.15) is 0 Å². The van der Waals surface area contributed by atoms with Crippen LogP contribution in [0.3, 0.4) is 0 Å². The highest BCUT2D eigenvalue weighted by molar-refractivity contribution is 5.81. The fourth-order valence-electron chi connectivity index (χ4n) is 3.23. The van der Waals surface area contributed by atoms with Gasteiger partial charge in [-0.1, -0.05) is 35.4 Å². The summed E-state index contributed by atoms with van der Waals surface area (Å²) in [4.78, 5) is 14.9. The number of ether oxygens (including phenoxy) is 5. The van der Waals surface area contributed by atoms with E-state index in [1.54, 1.807) is 0 Å². The van der Waals surface area contributed by atoms with Crippen LogP contribution in [-0.2, 0) is 28.5 Å². The van der Waals surface area contributed by atoms with Gasteiger partial charge in [0, 0.05) is 17.6 Å². The Hall–Kier alpha value is -2.00. The van der Waals surface area contributed by atoms with Crippen molar-refractivity contribution in [2.75, 3.05) is 20.5 Å². The Morgan fingerprint density at radius 3 is 2.77 bits per heavy atom. The summed E-state index contributed by atoms with van der Waals surface area (Å²) in [7, 11) is 1.47. The number of hydrogen-bond donors (Lipinski definition) is 0. The summed E-state index contributed by atoms with van der Waals surface area (Å²) in [5, 5.41) is 3.85. The lowest BCUT2D eigenvalue weighted by Gasteiger charge is -2.47. The highest BCUT2D eigenvalue weighted by Crippen LogP contribution is 2.36. The van der Waals surface area contributed by atoms with Gasteiger partial charge in [0.05, 0.1) is 12.6 Å². The zero-order valence-electron chi connectivity index (χ0n) is 14.6. The molecule has 2 fully saturated rings. The maximum absolute atomic E-state index is 12.0. The van der Waals surface area contributed by atoms with E-state index in [-0.39, 0.29) is 19.2 Å². The number of hydrogen-bond acceptors (Lipinski definition) is 7. The lowest BCUT2D eigenvalue weighted by molar-refractivity contribution is -0.309. The molecule has 0 radical (unpaired) electrons. The van der Waals surface area contributed by atoms with Crippen molar-refractivity contribution in [1.29, 1.82) is 0 Å². The molecular weight excluding hydrogens is 342 g/mol. The molecule has 0 spiro atoms. The van der Waals surface area contributed by atoms with Gasteiger partial charge < -0.3 is 23.7 Å². The maximum atomic E-state index is 12.0. The van der Waals surface area contributed by atoms with Crippen LogP contribution < -0.4 is 0 Å². The first-order chi connectivity index (χ1) is 12.7. The van der Waals surface area contributed by atoms with Crippen LogP contribution in [0.15, 0.2) is 35.4 Å². The van der Waals surface area contributed by atoms with Crippen molar-refractivity contribution >= 4 is 5.78 Å². The molecule has 0 saturated carbocycles. The lowest BCUT2D eigenvalue weighted by Crippen LogP contribution is -2.63. The molecule has 2 heterocycles. The number of azide groups is 1. The molecule has 0 bridgehead atoms. The lowest BCUT2D eigenvalue weighted by atomic mass is 9.90. The predicted molar refractivity (Wildman–Crippen MR) is 89.0 cm³/mol. The monoisotopic (exact) mass is 363 g/mol. The average Bonchev–Trinajstić information content (AvgIpc) is 2.67. The molecule has 3 rings (SSSR count). The second kappa shape index (κ2) is 8.59. The highest BCUT2D eigenvalue weighted by atomic mass is 16.7. The summed E-state index contributed by atoms with van der Waals surface area (Å²) < 4.78 is 28.2. The SMILES string of the molecule is COCO[C@@H]1[C@@H](N=[N+]=[N-])[C@H]2O[C@@H](c3ccccc3)OC[C@H]2O[C@H]1C(C)=O. The average molecular weight is 363 g/mol. The van der Waals surface area contributed by atoms with Crippen LogP contribution in [0.25, 0.3) is 10.4 Å². The summed E-state index contributed by atoms with van der Waals surface area (Å²) in [5.41, 5.74) is 9.86. The van der Waals surface area contributed by atoms with Gasteiger partial charge in [-0.15, -0.1) is 0 Å². The van der Waals surface area contributed by atoms with Crippen molar-refractivity contribution in [3.8, 4) is 0 Å². The molecule has 0 unspecified atom stereocenters. The molecule has 2 aliphatic heterocycles. The van der Waals surface area contributed by atoms with E-state index in [4.69, 9.17) is 29.2 Å². The van der Waals surface area contributed by atoms with Crippen LogP contribution >= 0.6 is 0 Å². The smallest absolute Gasteiger partial charge is 0.184 e. The van der Waals surface area contributed by atoms with Gasteiger partial charge in [-0.05, 0) is 12.5 Å². The first kappa shape index (κ1) is 18.8. The zero-order chi connectivity index (χ0) is 18.5. The van der Waals surface area contributed by atoms with Crippen LogP contribution in [0.2, 0.25) is 0 Å². The van der Waals surface area contributed by atoms with Crippen LogP contribution in [0.4, 0.5) is 0 Å². The third-order valence-electron chi connectivity index (χ3n) is 4.39. The Morgan fingerprint density at radius 1 is 1.35 bits per heavy atom. The van der Waals surface area contributed by atoms with Gasteiger partial charge >= 0.3 is 0 Å². The Labute approximate surface area is 150 Å². The number of Topliss-reactive ketones (excluding diaryl/α,β-unsaturated/α-hetero) is 1. The molecule has 0 aromatic heterocycles. The van der Waals surface area contributed by atoms with E-state index in [2.05, 4.69) is 10.0 Å². The predicted octanol–water partition coefficient (Wildman–Crippen LogP) is 2.12. The molecule has 0 N–H and O–H groups in total. The third kappa shape index (κ3) is 3.88.